The molecule has 1 rings (SSSR count). The van der Waals surface area contributed by atoms with Crippen LogP contribution in [0.15, 0.2) is 4.99 Å². The Bertz CT molecular complexity index is 89.7. The molecule has 39 valence electrons. The monoisotopic (exact) mass is 115 g/mol. The second kappa shape index (κ2) is 2.21. The minimum Gasteiger partial charge on any atom is -0.363 e. The van der Waals surface area contributed by atoms with Crippen LogP contribution in [0.4, 0.5) is 0 Å². The molecule has 0 aliphatic carbocycles. The Morgan fingerprint density at radius 3 is 3.00 bits per heavy atom. The largest absolute Gasteiger partial charge is 0.363 e. The molecule has 0 spiro atoms. The van der Waals surface area contributed by atoms with Crippen molar-refractivity contribution in [2.75, 3.05) is 13.1 Å². The standard InChI is InChI=1S/C4H7N2S/c1-7-4-5-2-3-6-4/h1-3H2,(H,5,6). The summed E-state index contributed by atoms with van der Waals surface area (Å²) in [6.45, 7) is 1.90. The summed E-state index contributed by atoms with van der Waals surface area (Å²) in [7, 11) is 0. The smallest absolute Gasteiger partial charge is 0.156 e. The maximum absolute atomic E-state index is 4.06. The fraction of sp³-hybridized carbons (Fsp3) is 0.500. The highest BCUT2D eigenvalue weighted by Gasteiger charge is 1.99. The Kier molecular flexibility index (Phi) is 1.57. The van der Waals surface area contributed by atoms with E-state index >= 15 is 0 Å². The number of aliphatic imine (C=N–C) groups is 1. The van der Waals surface area contributed by atoms with Gasteiger partial charge in [0.05, 0.1) is 6.54 Å². The van der Waals surface area contributed by atoms with E-state index in [1.807, 2.05) is 0 Å². The molecule has 0 aromatic rings. The summed E-state index contributed by atoms with van der Waals surface area (Å²) >= 11 is 1.42. The first-order chi connectivity index (χ1) is 3.43. The number of hydrogen-bond acceptors (Lipinski definition) is 3. The summed E-state index contributed by atoms with van der Waals surface area (Å²) in [6.07, 6.45) is 3.59. The maximum Gasteiger partial charge on any atom is 0.156 e. The molecule has 1 aliphatic rings. The van der Waals surface area contributed by atoms with Gasteiger partial charge in [-0.15, -0.1) is 0 Å². The van der Waals surface area contributed by atoms with E-state index in [1.165, 1.54) is 11.8 Å². The molecule has 1 radical (unpaired) electrons. The molecule has 1 heterocycles. The van der Waals surface area contributed by atoms with Crippen LogP contribution in [0.5, 0.6) is 0 Å². The lowest BCUT2D eigenvalue weighted by atomic mass is 10.7. The van der Waals surface area contributed by atoms with Gasteiger partial charge in [0.25, 0.3) is 0 Å². The van der Waals surface area contributed by atoms with Crippen LogP contribution in [-0.2, 0) is 0 Å². The molecule has 1 aliphatic heterocycles. The van der Waals surface area contributed by atoms with Crippen molar-refractivity contribution in [1.29, 1.82) is 0 Å². The molecular formula is C4H7N2S. The van der Waals surface area contributed by atoms with E-state index in [0.717, 1.165) is 18.3 Å². The minimum atomic E-state index is 0.915. The van der Waals surface area contributed by atoms with Gasteiger partial charge in [0.2, 0.25) is 0 Å². The first-order valence-corrected chi connectivity index (χ1v) is 3.12. The Labute approximate surface area is 47.4 Å². The van der Waals surface area contributed by atoms with E-state index in [0.29, 0.717) is 0 Å². The summed E-state index contributed by atoms with van der Waals surface area (Å²) in [5, 5.41) is 4.03. The van der Waals surface area contributed by atoms with Crippen molar-refractivity contribution in [2.24, 2.45) is 4.99 Å². The van der Waals surface area contributed by atoms with Gasteiger partial charge in [0.1, 0.15) is 0 Å². The second-order valence-electron chi connectivity index (χ2n) is 1.26. The topological polar surface area (TPSA) is 24.4 Å². The summed E-state index contributed by atoms with van der Waals surface area (Å²) in [5.74, 6) is 0. The fourth-order valence-corrected chi connectivity index (χ4v) is 0.860. The molecule has 0 amide bonds. The van der Waals surface area contributed by atoms with E-state index in [2.05, 4.69) is 16.6 Å². The van der Waals surface area contributed by atoms with Gasteiger partial charge >= 0.3 is 0 Å². The zero-order valence-electron chi connectivity index (χ0n) is 3.98. The summed E-state index contributed by atoms with van der Waals surface area (Å²) in [6, 6.07) is 0. The zero-order chi connectivity index (χ0) is 5.11. The van der Waals surface area contributed by atoms with E-state index in [4.69, 9.17) is 0 Å². The third kappa shape index (κ3) is 1.09. The molecule has 0 saturated heterocycles. The van der Waals surface area contributed by atoms with Crippen molar-refractivity contribution in [2.45, 2.75) is 0 Å². The lowest BCUT2D eigenvalue weighted by molar-refractivity contribution is 0.963. The SMILES string of the molecule is [CH2]SC1=NCCN1. The molecule has 0 fully saturated rings. The molecule has 2 nitrogen and oxygen atoms in total. The molecule has 0 aromatic heterocycles. The van der Waals surface area contributed by atoms with Crippen molar-refractivity contribution in [1.82, 2.24) is 5.32 Å². The van der Waals surface area contributed by atoms with Crippen LogP contribution >= 0.6 is 11.8 Å². The van der Waals surface area contributed by atoms with E-state index in [-0.39, 0.29) is 0 Å². The number of nitrogens with zero attached hydrogens (tertiary/aromatic N) is 1. The Hall–Kier alpha value is -0.180. The first-order valence-electron chi connectivity index (χ1n) is 2.14. The summed E-state index contributed by atoms with van der Waals surface area (Å²) < 4.78 is 0. The minimum absolute atomic E-state index is 0.915. The predicted octanol–water partition coefficient (Wildman–Crippen LogP) is 0.470. The molecule has 0 unspecified atom stereocenters. The Balaban J connectivity index is 2.36. The van der Waals surface area contributed by atoms with E-state index in [9.17, 15) is 0 Å². The van der Waals surface area contributed by atoms with Gasteiger partial charge in [-0.1, -0.05) is 11.8 Å². The van der Waals surface area contributed by atoms with Crippen LogP contribution in [0.25, 0.3) is 0 Å². The van der Waals surface area contributed by atoms with Crippen LogP contribution in [0.2, 0.25) is 0 Å². The number of thioether (sulfide) groups is 1. The molecular weight excluding hydrogens is 108 g/mol. The van der Waals surface area contributed by atoms with Crippen molar-refractivity contribution in [3.8, 4) is 0 Å². The van der Waals surface area contributed by atoms with E-state index in [1.54, 1.807) is 0 Å². The number of rotatable bonds is 0. The normalized spacial score (nSPS) is 18.7. The maximum atomic E-state index is 4.06. The molecule has 0 atom stereocenters. The van der Waals surface area contributed by atoms with Crippen molar-refractivity contribution >= 4 is 16.9 Å². The van der Waals surface area contributed by atoms with Crippen LogP contribution < -0.4 is 5.32 Å². The van der Waals surface area contributed by atoms with E-state index < -0.39 is 0 Å². The Morgan fingerprint density at radius 2 is 2.71 bits per heavy atom. The highest BCUT2D eigenvalue weighted by molar-refractivity contribution is 8.14. The van der Waals surface area contributed by atoms with Crippen molar-refractivity contribution in [3.05, 3.63) is 6.26 Å². The highest BCUT2D eigenvalue weighted by Crippen LogP contribution is 1.99. The van der Waals surface area contributed by atoms with Gasteiger partial charge in [-0.3, -0.25) is 4.99 Å². The lowest BCUT2D eigenvalue weighted by Gasteiger charge is -1.90. The van der Waals surface area contributed by atoms with Gasteiger partial charge in [-0.05, 0) is 0 Å². The van der Waals surface area contributed by atoms with Crippen LogP contribution in [0, 0.1) is 6.26 Å². The van der Waals surface area contributed by atoms with Gasteiger partial charge in [0, 0.05) is 12.8 Å². The quantitative estimate of drug-likeness (QED) is 0.496. The zero-order valence-corrected chi connectivity index (χ0v) is 4.79. The second-order valence-corrected chi connectivity index (χ2v) is 1.93. The highest BCUT2D eigenvalue weighted by atomic mass is 32.2. The van der Waals surface area contributed by atoms with Crippen molar-refractivity contribution in [3.63, 3.8) is 0 Å². The third-order valence-corrected chi connectivity index (χ3v) is 1.33. The predicted molar refractivity (Wildman–Crippen MR) is 33.3 cm³/mol. The summed E-state index contributed by atoms with van der Waals surface area (Å²) in [5.41, 5.74) is 0. The molecule has 0 aromatic carbocycles. The van der Waals surface area contributed by atoms with Gasteiger partial charge in [0.15, 0.2) is 5.17 Å². The third-order valence-electron chi connectivity index (χ3n) is 0.780. The Morgan fingerprint density at radius 1 is 1.86 bits per heavy atom. The average Bonchev–Trinajstić information content (AvgIpc) is 2.14. The summed E-state index contributed by atoms with van der Waals surface area (Å²) in [4.78, 5) is 4.06. The molecule has 1 N–H and O–H groups in total. The van der Waals surface area contributed by atoms with Gasteiger partial charge < -0.3 is 5.32 Å². The van der Waals surface area contributed by atoms with Gasteiger partial charge in [-0.25, -0.2) is 0 Å². The van der Waals surface area contributed by atoms with Crippen LogP contribution in [0.1, 0.15) is 0 Å². The first kappa shape index (κ1) is 4.97. The molecule has 3 heteroatoms. The molecule has 7 heavy (non-hydrogen) atoms. The van der Waals surface area contributed by atoms with Crippen molar-refractivity contribution < 1.29 is 0 Å². The van der Waals surface area contributed by atoms with Gasteiger partial charge in [-0.2, -0.15) is 0 Å². The average molecular weight is 115 g/mol. The van der Waals surface area contributed by atoms with Crippen LogP contribution in [0.3, 0.4) is 0 Å². The molecule has 0 saturated carbocycles. The fourth-order valence-electron chi connectivity index (χ4n) is 0.473. The lowest BCUT2D eigenvalue weighted by Crippen LogP contribution is -2.13. The number of nitrogens with one attached hydrogen (secondary N) is 1. The number of hydrogen-bond donors (Lipinski definition) is 1. The number of amidine groups is 1. The molecule has 0 bridgehead atoms. The van der Waals surface area contributed by atoms with Crippen LogP contribution in [-0.4, -0.2) is 18.3 Å².